The van der Waals surface area contributed by atoms with E-state index in [0.717, 1.165) is 16.3 Å². The van der Waals surface area contributed by atoms with Crippen LogP contribution in [-0.4, -0.2) is 30.9 Å². The van der Waals surface area contributed by atoms with E-state index in [0.29, 0.717) is 41.2 Å². The third-order valence-electron chi connectivity index (χ3n) is 5.07. The van der Waals surface area contributed by atoms with E-state index in [1.165, 1.54) is 0 Å². The van der Waals surface area contributed by atoms with Crippen LogP contribution in [0, 0.1) is 11.3 Å². The number of fused-ring (bicyclic) bond motifs is 1. The average Bonchev–Trinajstić information content (AvgIpc) is 3.61. The number of epoxide rings is 1. The molecule has 6 nitrogen and oxygen atoms in total. The number of rotatable bonds is 6. The maximum Gasteiger partial charge on any atom is 0.414 e. The average molecular weight is 509 g/mol. The number of ether oxygens (including phenoxy) is 3. The van der Waals surface area contributed by atoms with Gasteiger partial charge in [-0.1, -0.05) is 30.3 Å². The Bertz CT molecular complexity index is 1210. The lowest BCUT2D eigenvalue weighted by Gasteiger charge is -2.28. The summed E-state index contributed by atoms with van der Waals surface area (Å²) >= 11 is 3.68. The summed E-state index contributed by atoms with van der Waals surface area (Å²) < 4.78 is 18.0. The lowest BCUT2D eigenvalue weighted by atomic mass is 10.0. The van der Waals surface area contributed by atoms with Crippen LogP contribution in [-0.2, 0) is 16.1 Å². The normalized spacial score (nSPS) is 15.1. The molecular weight excluding hydrogens is 484 g/mol. The Morgan fingerprint density at radius 3 is 2.55 bits per heavy atom. The van der Waals surface area contributed by atoms with Gasteiger partial charge in [0, 0.05) is 21.3 Å². The van der Waals surface area contributed by atoms with Crippen LogP contribution >= 0.6 is 15.9 Å². The van der Waals surface area contributed by atoms with E-state index in [2.05, 4.69) is 22.0 Å². The van der Waals surface area contributed by atoms with E-state index in [4.69, 9.17) is 14.2 Å². The lowest BCUT2D eigenvalue weighted by Crippen LogP contribution is -2.39. The molecule has 3 aromatic rings. The predicted octanol–water partition coefficient (Wildman–Crippen LogP) is 6.19. The fourth-order valence-corrected chi connectivity index (χ4v) is 4.09. The SMILES string of the molecule is CC(C)(C)OC(=O)N(C[C@@H]1CO1)c1cc(OCc2ccccc2)c2ccc(C#N)cc2c1Br. The van der Waals surface area contributed by atoms with Gasteiger partial charge in [0.15, 0.2) is 0 Å². The first-order valence-electron chi connectivity index (χ1n) is 10.7. The van der Waals surface area contributed by atoms with Crippen molar-refractivity contribution in [1.82, 2.24) is 0 Å². The summed E-state index contributed by atoms with van der Waals surface area (Å²) in [5.74, 6) is 0.613. The molecule has 1 aliphatic rings. The zero-order valence-corrected chi connectivity index (χ0v) is 20.4. The largest absolute Gasteiger partial charge is 0.488 e. The Balaban J connectivity index is 1.80. The van der Waals surface area contributed by atoms with Gasteiger partial charge in [0.25, 0.3) is 0 Å². The van der Waals surface area contributed by atoms with Crippen molar-refractivity contribution in [3.8, 4) is 11.8 Å². The van der Waals surface area contributed by atoms with Gasteiger partial charge in [-0.05, 0) is 60.5 Å². The Kier molecular flexibility index (Phi) is 6.59. The molecule has 0 unspecified atom stereocenters. The van der Waals surface area contributed by atoms with E-state index in [-0.39, 0.29) is 6.10 Å². The molecule has 0 bridgehead atoms. The van der Waals surface area contributed by atoms with Crippen molar-refractivity contribution in [2.24, 2.45) is 0 Å². The molecule has 7 heteroatoms. The molecule has 1 heterocycles. The van der Waals surface area contributed by atoms with Gasteiger partial charge in [0.2, 0.25) is 0 Å². The molecule has 0 spiro atoms. The van der Waals surface area contributed by atoms with Crippen LogP contribution in [0.2, 0.25) is 0 Å². The quantitative estimate of drug-likeness (QED) is 0.371. The van der Waals surface area contributed by atoms with Gasteiger partial charge in [-0.3, -0.25) is 4.90 Å². The topological polar surface area (TPSA) is 75.1 Å². The molecule has 0 aromatic heterocycles. The van der Waals surface area contributed by atoms with Gasteiger partial charge >= 0.3 is 6.09 Å². The summed E-state index contributed by atoms with van der Waals surface area (Å²) in [6.07, 6.45) is -0.511. The summed E-state index contributed by atoms with van der Waals surface area (Å²) in [6.45, 7) is 6.82. The highest BCUT2D eigenvalue weighted by atomic mass is 79.9. The zero-order valence-electron chi connectivity index (χ0n) is 18.8. The van der Waals surface area contributed by atoms with Crippen LogP contribution in [0.25, 0.3) is 10.8 Å². The molecule has 33 heavy (non-hydrogen) atoms. The Morgan fingerprint density at radius 2 is 1.91 bits per heavy atom. The molecule has 1 fully saturated rings. The van der Waals surface area contributed by atoms with Crippen LogP contribution in [0.4, 0.5) is 10.5 Å². The zero-order chi connectivity index (χ0) is 23.6. The monoisotopic (exact) mass is 508 g/mol. The molecule has 0 saturated carbocycles. The van der Waals surface area contributed by atoms with Gasteiger partial charge in [-0.25, -0.2) is 4.79 Å². The van der Waals surface area contributed by atoms with Crippen molar-refractivity contribution in [3.63, 3.8) is 0 Å². The Hall–Kier alpha value is -3.08. The standard InChI is InChI=1S/C26H25BrN2O4/c1-26(2,3)33-25(30)29(14-19-16-31-19)22-12-23(32-15-17-7-5-4-6-8-17)20-10-9-18(13-28)11-21(20)24(22)27/h4-12,19H,14-16H2,1-3H3/t19-/m1/s1. The molecule has 4 rings (SSSR count). The highest BCUT2D eigenvalue weighted by Gasteiger charge is 2.33. The van der Waals surface area contributed by atoms with Crippen molar-refractivity contribution in [1.29, 1.82) is 5.26 Å². The number of anilines is 1. The van der Waals surface area contributed by atoms with Crippen LogP contribution in [0.1, 0.15) is 31.9 Å². The molecule has 0 N–H and O–H groups in total. The number of carbonyl (C=O) groups is 1. The first-order chi connectivity index (χ1) is 15.7. The second-order valence-electron chi connectivity index (χ2n) is 8.90. The highest BCUT2D eigenvalue weighted by Crippen LogP contribution is 2.41. The van der Waals surface area contributed by atoms with Crippen LogP contribution in [0.3, 0.4) is 0 Å². The molecule has 1 aliphatic heterocycles. The number of halogens is 1. The van der Waals surface area contributed by atoms with E-state index >= 15 is 0 Å². The van der Waals surface area contributed by atoms with Gasteiger partial charge in [-0.15, -0.1) is 0 Å². The van der Waals surface area contributed by atoms with Crippen LogP contribution in [0.5, 0.6) is 5.75 Å². The molecule has 1 saturated heterocycles. The van der Waals surface area contributed by atoms with E-state index < -0.39 is 11.7 Å². The van der Waals surface area contributed by atoms with Crippen molar-refractivity contribution in [2.75, 3.05) is 18.1 Å². The second-order valence-corrected chi connectivity index (χ2v) is 9.69. The van der Waals surface area contributed by atoms with Crippen molar-refractivity contribution in [2.45, 2.75) is 39.1 Å². The maximum absolute atomic E-state index is 13.2. The summed E-state index contributed by atoms with van der Waals surface area (Å²) in [7, 11) is 0. The summed E-state index contributed by atoms with van der Waals surface area (Å²) in [5.41, 5.74) is 1.50. The van der Waals surface area contributed by atoms with Crippen LogP contribution in [0.15, 0.2) is 59.1 Å². The van der Waals surface area contributed by atoms with Crippen molar-refractivity contribution < 1.29 is 19.0 Å². The van der Waals surface area contributed by atoms with Gasteiger partial charge in [0.1, 0.15) is 18.0 Å². The highest BCUT2D eigenvalue weighted by molar-refractivity contribution is 9.10. The van der Waals surface area contributed by atoms with Crippen molar-refractivity contribution >= 4 is 38.5 Å². The van der Waals surface area contributed by atoms with E-state index in [1.54, 1.807) is 17.0 Å². The number of hydrogen-bond donors (Lipinski definition) is 0. The first-order valence-corrected chi connectivity index (χ1v) is 11.5. The first kappa shape index (κ1) is 23.1. The smallest absolute Gasteiger partial charge is 0.414 e. The van der Waals surface area contributed by atoms with Gasteiger partial charge < -0.3 is 14.2 Å². The fourth-order valence-electron chi connectivity index (χ4n) is 3.43. The summed E-state index contributed by atoms with van der Waals surface area (Å²) in [4.78, 5) is 14.7. The third kappa shape index (κ3) is 5.65. The predicted molar refractivity (Wildman–Crippen MR) is 130 cm³/mol. The number of hydrogen-bond acceptors (Lipinski definition) is 5. The second kappa shape index (κ2) is 9.42. The fraction of sp³-hybridized carbons (Fsp3) is 0.308. The minimum absolute atomic E-state index is 0.0424. The van der Waals surface area contributed by atoms with E-state index in [9.17, 15) is 10.1 Å². The number of amides is 1. The third-order valence-corrected chi connectivity index (χ3v) is 5.91. The summed E-state index contributed by atoms with van der Waals surface area (Å²) in [5, 5.41) is 11.1. The molecule has 170 valence electrons. The van der Waals surface area contributed by atoms with Crippen LogP contribution < -0.4 is 9.64 Å². The van der Waals surface area contributed by atoms with Crippen molar-refractivity contribution in [3.05, 3.63) is 70.2 Å². The molecular formula is C26H25BrN2O4. The molecule has 3 aromatic carbocycles. The molecule has 1 amide bonds. The minimum Gasteiger partial charge on any atom is -0.488 e. The molecule has 0 aliphatic carbocycles. The maximum atomic E-state index is 13.2. The molecule has 0 radical (unpaired) electrons. The summed E-state index contributed by atoms with van der Waals surface area (Å²) in [6, 6.07) is 19.3. The Morgan fingerprint density at radius 1 is 1.18 bits per heavy atom. The number of benzene rings is 3. The lowest BCUT2D eigenvalue weighted by molar-refractivity contribution is 0.0577. The minimum atomic E-state index is -0.649. The van der Waals surface area contributed by atoms with Gasteiger partial charge in [-0.2, -0.15) is 5.26 Å². The number of carbonyl (C=O) groups excluding carboxylic acids is 1. The Labute approximate surface area is 201 Å². The molecule has 1 atom stereocenters. The van der Waals surface area contributed by atoms with Gasteiger partial charge in [0.05, 0.1) is 36.6 Å². The number of nitriles is 1. The van der Waals surface area contributed by atoms with E-state index in [1.807, 2.05) is 63.2 Å². The number of nitrogens with zero attached hydrogens (tertiary/aromatic N) is 2.